The minimum absolute atomic E-state index is 0.449. The van der Waals surface area contributed by atoms with E-state index in [-0.39, 0.29) is 0 Å². The minimum atomic E-state index is -0.957. The molecule has 0 aliphatic rings. The van der Waals surface area contributed by atoms with Gasteiger partial charge in [0.2, 0.25) is 0 Å². The highest BCUT2D eigenvalue weighted by Crippen LogP contribution is 2.13. The monoisotopic (exact) mass is 277 g/mol. The summed E-state index contributed by atoms with van der Waals surface area (Å²) in [5.41, 5.74) is 3.61. The van der Waals surface area contributed by atoms with Crippen LogP contribution in [-0.4, -0.2) is 19.0 Å². The Hall–Kier alpha value is -1.49. The molecule has 0 saturated heterocycles. The average molecular weight is 277 g/mol. The van der Waals surface area contributed by atoms with Gasteiger partial charge in [0.05, 0.1) is 5.75 Å². The third-order valence-corrected chi connectivity index (χ3v) is 4.61. The molecular weight excluding hydrogens is 258 g/mol. The molecule has 4 nitrogen and oxygen atoms in total. The molecule has 102 valence electrons. The topological polar surface area (TPSA) is 47.8 Å². The molecule has 0 aliphatic carbocycles. The molecule has 2 aromatic rings. The summed E-state index contributed by atoms with van der Waals surface area (Å²) in [6, 6.07) is 6.23. The maximum atomic E-state index is 12.2. The third kappa shape index (κ3) is 3.29. The number of benzene rings is 1. The van der Waals surface area contributed by atoms with Crippen molar-refractivity contribution in [3.63, 3.8) is 0 Å². The fourth-order valence-electron chi connectivity index (χ4n) is 1.85. The van der Waals surface area contributed by atoms with Crippen molar-refractivity contribution >= 4 is 10.8 Å². The number of aryl methyl sites for hydroxylation is 3. The Kier molecular flexibility index (Phi) is 4.14. The summed E-state index contributed by atoms with van der Waals surface area (Å²) < 4.78 is 14.1. The van der Waals surface area contributed by atoms with Gasteiger partial charge in [-0.15, -0.1) is 10.2 Å². The highest BCUT2D eigenvalue weighted by Gasteiger charge is 2.10. The first-order chi connectivity index (χ1) is 8.97. The van der Waals surface area contributed by atoms with Crippen LogP contribution < -0.4 is 0 Å². The predicted octanol–water partition coefficient (Wildman–Crippen LogP) is 2.19. The summed E-state index contributed by atoms with van der Waals surface area (Å²) in [4.78, 5) is 0. The molecule has 19 heavy (non-hydrogen) atoms. The van der Waals surface area contributed by atoms with E-state index in [4.69, 9.17) is 0 Å². The van der Waals surface area contributed by atoms with Gasteiger partial charge in [-0.25, -0.2) is 0 Å². The third-order valence-electron chi connectivity index (χ3n) is 3.37. The lowest BCUT2D eigenvalue weighted by Gasteiger charge is -2.06. The zero-order valence-electron chi connectivity index (χ0n) is 11.8. The van der Waals surface area contributed by atoms with Crippen LogP contribution in [0.1, 0.15) is 28.3 Å². The van der Waals surface area contributed by atoms with E-state index in [0.717, 1.165) is 17.2 Å². The van der Waals surface area contributed by atoms with Crippen LogP contribution in [0.15, 0.2) is 18.2 Å². The standard InChI is InChI=1S/C14H19N3OS/c1-10-5-6-13(7-11(10)2)8-19(18)9-14-16-15-12(3)17(14)4/h5-7H,8-9H2,1-4H3. The lowest BCUT2D eigenvalue weighted by Crippen LogP contribution is -2.06. The highest BCUT2D eigenvalue weighted by atomic mass is 32.2. The SMILES string of the molecule is Cc1ccc(CS(=O)Cc2nnc(C)n2C)cc1C. The van der Waals surface area contributed by atoms with Gasteiger partial charge >= 0.3 is 0 Å². The van der Waals surface area contributed by atoms with Crippen LogP contribution in [-0.2, 0) is 29.4 Å². The quantitative estimate of drug-likeness (QED) is 0.860. The van der Waals surface area contributed by atoms with Gasteiger partial charge in [-0.2, -0.15) is 0 Å². The Bertz CT molecular complexity index is 619. The summed E-state index contributed by atoms with van der Waals surface area (Å²) in [5.74, 6) is 2.63. The molecule has 1 heterocycles. The molecular formula is C14H19N3OS. The van der Waals surface area contributed by atoms with Gasteiger partial charge in [0, 0.05) is 23.6 Å². The summed E-state index contributed by atoms with van der Waals surface area (Å²) in [5, 5.41) is 8.03. The molecule has 0 saturated carbocycles. The van der Waals surface area contributed by atoms with E-state index >= 15 is 0 Å². The van der Waals surface area contributed by atoms with E-state index in [0.29, 0.717) is 11.5 Å². The molecule has 0 aliphatic heterocycles. The van der Waals surface area contributed by atoms with Crippen LogP contribution >= 0.6 is 0 Å². The van der Waals surface area contributed by atoms with Gasteiger partial charge in [-0.1, -0.05) is 18.2 Å². The first-order valence-electron chi connectivity index (χ1n) is 6.23. The first kappa shape index (κ1) is 13.9. The molecule has 0 bridgehead atoms. The van der Waals surface area contributed by atoms with Gasteiger partial charge in [-0.05, 0) is 37.5 Å². The smallest absolute Gasteiger partial charge is 0.145 e. The summed E-state index contributed by atoms with van der Waals surface area (Å²) in [7, 11) is 0.944. The van der Waals surface area contributed by atoms with Crippen molar-refractivity contribution in [1.82, 2.24) is 14.8 Å². The van der Waals surface area contributed by atoms with Crippen molar-refractivity contribution in [3.8, 4) is 0 Å². The van der Waals surface area contributed by atoms with Crippen molar-refractivity contribution in [2.24, 2.45) is 7.05 Å². The molecule has 1 atom stereocenters. The Labute approximate surface area is 116 Å². The number of rotatable bonds is 4. The second-order valence-corrected chi connectivity index (χ2v) is 6.33. The average Bonchev–Trinajstić information content (AvgIpc) is 2.66. The van der Waals surface area contributed by atoms with Crippen molar-refractivity contribution in [3.05, 3.63) is 46.5 Å². The van der Waals surface area contributed by atoms with Gasteiger partial charge in [0.15, 0.2) is 0 Å². The maximum absolute atomic E-state index is 12.2. The fourth-order valence-corrected chi connectivity index (χ4v) is 3.04. The first-order valence-corrected chi connectivity index (χ1v) is 7.72. The number of hydrogen-bond donors (Lipinski definition) is 0. The number of aromatic nitrogens is 3. The molecule has 1 unspecified atom stereocenters. The Morgan fingerprint density at radius 2 is 1.84 bits per heavy atom. The fraction of sp³-hybridized carbons (Fsp3) is 0.429. The van der Waals surface area contributed by atoms with Gasteiger partial charge in [-0.3, -0.25) is 4.21 Å². The van der Waals surface area contributed by atoms with Crippen molar-refractivity contribution in [2.45, 2.75) is 32.3 Å². The molecule has 2 rings (SSSR count). The van der Waals surface area contributed by atoms with E-state index in [1.807, 2.05) is 24.6 Å². The van der Waals surface area contributed by atoms with E-state index in [1.54, 1.807) is 0 Å². The van der Waals surface area contributed by atoms with Crippen LogP contribution in [0.2, 0.25) is 0 Å². The number of nitrogens with zero attached hydrogens (tertiary/aromatic N) is 3. The van der Waals surface area contributed by atoms with Crippen molar-refractivity contribution in [2.75, 3.05) is 0 Å². The molecule has 0 fully saturated rings. The predicted molar refractivity (Wildman–Crippen MR) is 77.2 cm³/mol. The van der Waals surface area contributed by atoms with Gasteiger partial charge in [0.25, 0.3) is 0 Å². The summed E-state index contributed by atoms with van der Waals surface area (Å²) in [6.45, 7) is 6.05. The van der Waals surface area contributed by atoms with E-state index in [9.17, 15) is 4.21 Å². The van der Waals surface area contributed by atoms with Crippen LogP contribution in [0.3, 0.4) is 0 Å². The molecule has 1 aromatic carbocycles. The zero-order chi connectivity index (χ0) is 14.0. The molecule has 5 heteroatoms. The lowest BCUT2D eigenvalue weighted by molar-refractivity contribution is 0.678. The summed E-state index contributed by atoms with van der Waals surface area (Å²) >= 11 is 0. The van der Waals surface area contributed by atoms with E-state index < -0.39 is 10.8 Å². The van der Waals surface area contributed by atoms with Crippen LogP contribution in [0.4, 0.5) is 0 Å². The maximum Gasteiger partial charge on any atom is 0.145 e. The second kappa shape index (κ2) is 5.65. The zero-order valence-corrected chi connectivity index (χ0v) is 12.6. The van der Waals surface area contributed by atoms with E-state index in [1.165, 1.54) is 11.1 Å². The Balaban J connectivity index is 2.05. The second-order valence-electron chi connectivity index (χ2n) is 4.87. The molecule has 1 aromatic heterocycles. The van der Waals surface area contributed by atoms with Crippen LogP contribution in [0.25, 0.3) is 0 Å². The Morgan fingerprint density at radius 3 is 2.42 bits per heavy atom. The van der Waals surface area contributed by atoms with Crippen LogP contribution in [0.5, 0.6) is 0 Å². The van der Waals surface area contributed by atoms with E-state index in [2.05, 4.69) is 36.2 Å². The minimum Gasteiger partial charge on any atom is -0.318 e. The molecule has 0 radical (unpaired) electrons. The van der Waals surface area contributed by atoms with Crippen molar-refractivity contribution in [1.29, 1.82) is 0 Å². The van der Waals surface area contributed by atoms with Crippen LogP contribution in [0, 0.1) is 20.8 Å². The largest absolute Gasteiger partial charge is 0.318 e. The number of hydrogen-bond acceptors (Lipinski definition) is 3. The van der Waals surface area contributed by atoms with Gasteiger partial charge < -0.3 is 4.57 Å². The highest BCUT2D eigenvalue weighted by molar-refractivity contribution is 7.83. The normalized spacial score (nSPS) is 12.6. The van der Waals surface area contributed by atoms with Crippen molar-refractivity contribution < 1.29 is 4.21 Å². The molecule has 0 N–H and O–H groups in total. The summed E-state index contributed by atoms with van der Waals surface area (Å²) in [6.07, 6.45) is 0. The van der Waals surface area contributed by atoms with Gasteiger partial charge in [0.1, 0.15) is 11.6 Å². The Morgan fingerprint density at radius 1 is 1.11 bits per heavy atom. The molecule has 0 spiro atoms. The lowest BCUT2D eigenvalue weighted by atomic mass is 10.1. The molecule has 0 amide bonds.